The first-order valence-corrected chi connectivity index (χ1v) is 9.61. The SMILES string of the molecule is CCOC(=O)c1ccc(S(C)(=O)=O)c(OCCC2(C)N=NN=N2)c1Cl. The molecule has 0 saturated carbocycles. The molecule has 1 aliphatic heterocycles. The minimum atomic E-state index is -3.62. The van der Waals surface area contributed by atoms with E-state index < -0.39 is 21.5 Å². The van der Waals surface area contributed by atoms with E-state index in [-0.39, 0.29) is 34.4 Å². The molecule has 1 aromatic rings. The van der Waals surface area contributed by atoms with Gasteiger partial charge in [0.2, 0.25) is 0 Å². The molecule has 9 nitrogen and oxygen atoms in total. The largest absolute Gasteiger partial charge is 0.490 e. The van der Waals surface area contributed by atoms with Crippen molar-refractivity contribution in [2.24, 2.45) is 20.7 Å². The summed E-state index contributed by atoms with van der Waals surface area (Å²) in [6.07, 6.45) is 1.32. The molecule has 0 radical (unpaired) electrons. The van der Waals surface area contributed by atoms with Crippen LogP contribution in [0.4, 0.5) is 0 Å². The number of esters is 1. The van der Waals surface area contributed by atoms with Crippen LogP contribution in [0.1, 0.15) is 30.6 Å². The minimum Gasteiger partial charge on any atom is -0.490 e. The highest BCUT2D eigenvalue weighted by Gasteiger charge is 2.28. The molecule has 0 spiro atoms. The van der Waals surface area contributed by atoms with Crippen molar-refractivity contribution < 1.29 is 22.7 Å². The van der Waals surface area contributed by atoms with Gasteiger partial charge >= 0.3 is 5.97 Å². The lowest BCUT2D eigenvalue weighted by atomic mass is 10.1. The molecule has 0 aliphatic carbocycles. The van der Waals surface area contributed by atoms with E-state index >= 15 is 0 Å². The third kappa shape index (κ3) is 4.51. The number of hydrogen-bond acceptors (Lipinski definition) is 9. The molecule has 2 rings (SSSR count). The van der Waals surface area contributed by atoms with Crippen molar-refractivity contribution in [3.05, 3.63) is 22.7 Å². The quantitative estimate of drug-likeness (QED) is 0.664. The molecule has 11 heteroatoms. The van der Waals surface area contributed by atoms with Crippen LogP contribution in [0, 0.1) is 0 Å². The van der Waals surface area contributed by atoms with Gasteiger partial charge in [0.05, 0.1) is 23.8 Å². The van der Waals surface area contributed by atoms with Crippen molar-refractivity contribution in [2.75, 3.05) is 19.5 Å². The van der Waals surface area contributed by atoms with Crippen LogP contribution in [-0.2, 0) is 14.6 Å². The van der Waals surface area contributed by atoms with E-state index in [0.717, 1.165) is 6.26 Å². The smallest absolute Gasteiger partial charge is 0.339 e. The van der Waals surface area contributed by atoms with Crippen LogP contribution >= 0.6 is 11.6 Å². The minimum absolute atomic E-state index is 0.0253. The first kappa shape index (κ1) is 19.3. The Morgan fingerprint density at radius 2 is 1.92 bits per heavy atom. The molecule has 1 aromatic carbocycles. The Hall–Kier alpha value is -2.07. The van der Waals surface area contributed by atoms with Crippen molar-refractivity contribution in [1.29, 1.82) is 0 Å². The average molecular weight is 389 g/mol. The summed E-state index contributed by atoms with van der Waals surface area (Å²) in [4.78, 5) is 11.8. The number of halogens is 1. The number of carbonyl (C=O) groups excluding carboxylic acids is 1. The molecule has 0 bridgehead atoms. The van der Waals surface area contributed by atoms with Gasteiger partial charge in [0.25, 0.3) is 0 Å². The van der Waals surface area contributed by atoms with E-state index in [1.54, 1.807) is 13.8 Å². The standard InChI is InChI=1S/C14H17ClN4O5S/c1-4-23-13(20)9-5-6-10(25(3,21)22)12(11(9)15)24-8-7-14(2)16-18-19-17-14/h5-6H,4,7-8H2,1-3H3. The molecular formula is C14H17ClN4O5S. The Kier molecular flexibility index (Phi) is 5.73. The summed E-state index contributed by atoms with van der Waals surface area (Å²) in [6.45, 7) is 3.56. The Morgan fingerprint density at radius 3 is 2.48 bits per heavy atom. The fourth-order valence-corrected chi connectivity index (χ4v) is 3.20. The summed E-state index contributed by atoms with van der Waals surface area (Å²) in [5.41, 5.74) is -0.839. The van der Waals surface area contributed by atoms with Crippen LogP contribution in [0.2, 0.25) is 5.02 Å². The highest BCUT2D eigenvalue weighted by atomic mass is 35.5. The molecule has 0 unspecified atom stereocenters. The summed E-state index contributed by atoms with van der Waals surface area (Å²) in [7, 11) is -3.62. The van der Waals surface area contributed by atoms with Crippen LogP contribution in [0.15, 0.2) is 37.7 Å². The fraction of sp³-hybridized carbons (Fsp3) is 0.500. The zero-order valence-corrected chi connectivity index (χ0v) is 15.5. The van der Waals surface area contributed by atoms with E-state index in [2.05, 4.69) is 20.7 Å². The third-order valence-corrected chi connectivity index (χ3v) is 4.83. The Morgan fingerprint density at radius 1 is 1.28 bits per heavy atom. The Bertz CT molecular complexity index is 826. The number of benzene rings is 1. The van der Waals surface area contributed by atoms with Crippen LogP contribution in [0.25, 0.3) is 0 Å². The van der Waals surface area contributed by atoms with E-state index in [0.29, 0.717) is 6.42 Å². The zero-order valence-electron chi connectivity index (χ0n) is 13.9. The maximum atomic E-state index is 12.0. The monoisotopic (exact) mass is 388 g/mol. The van der Waals surface area contributed by atoms with Gasteiger partial charge < -0.3 is 9.47 Å². The molecule has 0 aromatic heterocycles. The zero-order chi connectivity index (χ0) is 18.7. The van der Waals surface area contributed by atoms with Gasteiger partial charge in [-0.05, 0) is 36.4 Å². The molecule has 0 saturated heterocycles. The summed E-state index contributed by atoms with van der Waals surface area (Å²) in [5, 5.41) is 14.5. The average Bonchev–Trinajstić information content (AvgIpc) is 2.94. The fourth-order valence-electron chi connectivity index (χ4n) is 2.03. The predicted molar refractivity (Wildman–Crippen MR) is 88.7 cm³/mol. The number of carbonyl (C=O) groups is 1. The number of rotatable bonds is 7. The second-order valence-corrected chi connectivity index (χ2v) is 7.80. The second-order valence-electron chi connectivity index (χ2n) is 5.44. The highest BCUT2D eigenvalue weighted by molar-refractivity contribution is 7.90. The molecule has 1 heterocycles. The molecular weight excluding hydrogens is 372 g/mol. The molecule has 0 atom stereocenters. The molecule has 0 amide bonds. The van der Waals surface area contributed by atoms with E-state index in [1.165, 1.54) is 12.1 Å². The lowest BCUT2D eigenvalue weighted by Gasteiger charge is -2.17. The van der Waals surface area contributed by atoms with Crippen molar-refractivity contribution in [3.63, 3.8) is 0 Å². The number of nitrogens with zero attached hydrogens (tertiary/aromatic N) is 4. The lowest BCUT2D eigenvalue weighted by Crippen LogP contribution is -2.20. The Balaban J connectivity index is 2.31. The van der Waals surface area contributed by atoms with Gasteiger partial charge in [-0.2, -0.15) is 0 Å². The number of hydrogen-bond donors (Lipinski definition) is 0. The molecule has 0 N–H and O–H groups in total. The number of sulfone groups is 1. The molecule has 1 aliphatic rings. The van der Waals surface area contributed by atoms with Gasteiger partial charge in [-0.1, -0.05) is 11.6 Å². The van der Waals surface area contributed by atoms with Crippen LogP contribution in [0.3, 0.4) is 0 Å². The Labute approximate surface area is 150 Å². The maximum absolute atomic E-state index is 12.0. The first-order chi connectivity index (χ1) is 11.7. The third-order valence-electron chi connectivity index (χ3n) is 3.34. The van der Waals surface area contributed by atoms with E-state index in [4.69, 9.17) is 21.1 Å². The van der Waals surface area contributed by atoms with Crippen LogP contribution < -0.4 is 4.74 Å². The van der Waals surface area contributed by atoms with Crippen molar-refractivity contribution in [1.82, 2.24) is 0 Å². The second kappa shape index (κ2) is 7.44. The highest BCUT2D eigenvalue weighted by Crippen LogP contribution is 2.36. The van der Waals surface area contributed by atoms with Gasteiger partial charge in [-0.25, -0.2) is 13.2 Å². The predicted octanol–water partition coefficient (Wildman–Crippen LogP) is 3.24. The van der Waals surface area contributed by atoms with Gasteiger partial charge in [0, 0.05) is 12.7 Å². The molecule has 25 heavy (non-hydrogen) atoms. The normalized spacial score (nSPS) is 15.4. The van der Waals surface area contributed by atoms with E-state index in [1.807, 2.05) is 0 Å². The van der Waals surface area contributed by atoms with Crippen LogP contribution in [-0.4, -0.2) is 39.5 Å². The number of ether oxygens (including phenoxy) is 2. The van der Waals surface area contributed by atoms with Crippen molar-refractivity contribution >= 4 is 27.4 Å². The van der Waals surface area contributed by atoms with Gasteiger partial charge in [0.15, 0.2) is 21.2 Å². The summed E-state index contributed by atoms with van der Waals surface area (Å²) >= 11 is 6.21. The van der Waals surface area contributed by atoms with Crippen molar-refractivity contribution in [3.8, 4) is 5.75 Å². The topological polar surface area (TPSA) is 119 Å². The molecule has 0 fully saturated rings. The summed E-state index contributed by atoms with van der Waals surface area (Å²) in [6, 6.07) is 2.56. The van der Waals surface area contributed by atoms with Gasteiger partial charge in [-0.3, -0.25) is 0 Å². The first-order valence-electron chi connectivity index (χ1n) is 7.34. The van der Waals surface area contributed by atoms with Crippen molar-refractivity contribution in [2.45, 2.75) is 30.8 Å². The van der Waals surface area contributed by atoms with Crippen LogP contribution in [0.5, 0.6) is 5.75 Å². The summed E-state index contributed by atoms with van der Waals surface area (Å²) in [5.74, 6) is -0.770. The van der Waals surface area contributed by atoms with E-state index in [9.17, 15) is 13.2 Å². The molecule has 136 valence electrons. The lowest BCUT2D eigenvalue weighted by molar-refractivity contribution is 0.0526. The van der Waals surface area contributed by atoms with Gasteiger partial charge in [-0.15, -0.1) is 10.2 Å². The summed E-state index contributed by atoms with van der Waals surface area (Å²) < 4.78 is 34.4. The van der Waals surface area contributed by atoms with Gasteiger partial charge in [0.1, 0.15) is 4.90 Å². The maximum Gasteiger partial charge on any atom is 0.339 e.